The Balaban J connectivity index is 2.40. The molecule has 2 nitrogen and oxygen atoms in total. The number of aliphatic hydroxyl groups excluding tert-OH is 1. The minimum Gasteiger partial charge on any atom is -0.392 e. The van der Waals surface area contributed by atoms with Crippen molar-refractivity contribution in [3.8, 4) is 11.8 Å². The van der Waals surface area contributed by atoms with E-state index in [-0.39, 0.29) is 12.1 Å². The van der Waals surface area contributed by atoms with Gasteiger partial charge in [0.15, 0.2) is 0 Å². The van der Waals surface area contributed by atoms with Gasteiger partial charge in [-0.2, -0.15) is 0 Å². The van der Waals surface area contributed by atoms with Gasteiger partial charge in [-0.25, -0.2) is 0 Å². The molecule has 1 aromatic carbocycles. The molecule has 104 valence electrons. The molecule has 0 aromatic heterocycles. The van der Waals surface area contributed by atoms with Crippen LogP contribution in [0.25, 0.3) is 0 Å². The summed E-state index contributed by atoms with van der Waals surface area (Å²) in [6.45, 7) is 6.84. The summed E-state index contributed by atoms with van der Waals surface area (Å²) in [7, 11) is 0. The standard InChI is InChI=1S/C17H25NO/c1-14(2)9-7-8-12-18-17(15(3)19)13-16-10-5-4-6-11-16/h4-6,10-11,14-15,17-19H,8,12-13H2,1-3H3. The third kappa shape index (κ3) is 7.00. The zero-order valence-corrected chi connectivity index (χ0v) is 12.2. The van der Waals surface area contributed by atoms with E-state index in [2.05, 4.69) is 43.1 Å². The first kappa shape index (κ1) is 15.8. The van der Waals surface area contributed by atoms with Crippen molar-refractivity contribution in [3.63, 3.8) is 0 Å². The van der Waals surface area contributed by atoms with Gasteiger partial charge < -0.3 is 10.4 Å². The molecule has 2 heteroatoms. The van der Waals surface area contributed by atoms with E-state index in [0.29, 0.717) is 5.92 Å². The zero-order chi connectivity index (χ0) is 14.1. The normalized spacial score (nSPS) is 13.7. The van der Waals surface area contributed by atoms with Gasteiger partial charge in [-0.05, 0) is 18.9 Å². The maximum atomic E-state index is 9.82. The largest absolute Gasteiger partial charge is 0.392 e. The summed E-state index contributed by atoms with van der Waals surface area (Å²) in [6, 6.07) is 10.3. The molecule has 0 amide bonds. The first-order valence-electron chi connectivity index (χ1n) is 7.03. The summed E-state index contributed by atoms with van der Waals surface area (Å²) in [6.07, 6.45) is 1.31. The highest BCUT2D eigenvalue weighted by Crippen LogP contribution is 2.06. The van der Waals surface area contributed by atoms with Crippen molar-refractivity contribution in [1.82, 2.24) is 5.32 Å². The average Bonchev–Trinajstić information content (AvgIpc) is 2.37. The molecule has 0 bridgehead atoms. The van der Waals surface area contributed by atoms with Gasteiger partial charge in [0.1, 0.15) is 0 Å². The third-order valence-electron chi connectivity index (χ3n) is 2.93. The second kappa shape index (κ2) is 8.74. The van der Waals surface area contributed by atoms with Crippen molar-refractivity contribution in [2.24, 2.45) is 5.92 Å². The number of aliphatic hydroxyl groups is 1. The molecular formula is C17H25NO. The molecule has 1 aromatic rings. The summed E-state index contributed by atoms with van der Waals surface area (Å²) in [5, 5.41) is 13.2. The molecule has 0 fully saturated rings. The van der Waals surface area contributed by atoms with Gasteiger partial charge in [-0.3, -0.25) is 0 Å². The lowest BCUT2D eigenvalue weighted by molar-refractivity contribution is 0.145. The van der Waals surface area contributed by atoms with Crippen molar-refractivity contribution in [1.29, 1.82) is 0 Å². The summed E-state index contributed by atoms with van der Waals surface area (Å²) in [4.78, 5) is 0. The van der Waals surface area contributed by atoms with Crippen LogP contribution in [0.15, 0.2) is 30.3 Å². The predicted octanol–water partition coefficient (Wildman–Crippen LogP) is 2.62. The smallest absolute Gasteiger partial charge is 0.0668 e. The van der Waals surface area contributed by atoms with E-state index in [9.17, 15) is 5.11 Å². The first-order valence-corrected chi connectivity index (χ1v) is 7.03. The van der Waals surface area contributed by atoms with Gasteiger partial charge in [0.25, 0.3) is 0 Å². The zero-order valence-electron chi connectivity index (χ0n) is 12.2. The molecule has 0 radical (unpaired) electrons. The van der Waals surface area contributed by atoms with E-state index >= 15 is 0 Å². The van der Waals surface area contributed by atoms with Crippen LogP contribution in [0.4, 0.5) is 0 Å². The summed E-state index contributed by atoms with van der Waals surface area (Å²) >= 11 is 0. The van der Waals surface area contributed by atoms with Crippen LogP contribution in [0, 0.1) is 17.8 Å². The fourth-order valence-electron chi connectivity index (χ4n) is 1.88. The van der Waals surface area contributed by atoms with Gasteiger partial charge >= 0.3 is 0 Å². The van der Waals surface area contributed by atoms with Crippen molar-refractivity contribution in [3.05, 3.63) is 35.9 Å². The average molecular weight is 259 g/mol. The van der Waals surface area contributed by atoms with Crippen LogP contribution in [0.2, 0.25) is 0 Å². The van der Waals surface area contributed by atoms with Crippen LogP contribution in [0.1, 0.15) is 32.8 Å². The first-order chi connectivity index (χ1) is 9.09. The highest BCUT2D eigenvalue weighted by Gasteiger charge is 2.14. The maximum Gasteiger partial charge on any atom is 0.0668 e. The van der Waals surface area contributed by atoms with Gasteiger partial charge in [-0.15, -0.1) is 11.8 Å². The van der Waals surface area contributed by atoms with Crippen molar-refractivity contribution in [2.75, 3.05) is 6.54 Å². The van der Waals surface area contributed by atoms with E-state index in [1.54, 1.807) is 0 Å². The quantitative estimate of drug-likeness (QED) is 0.608. The molecule has 0 saturated carbocycles. The van der Waals surface area contributed by atoms with Gasteiger partial charge in [0, 0.05) is 24.9 Å². The fourth-order valence-corrected chi connectivity index (χ4v) is 1.88. The number of hydrogen-bond acceptors (Lipinski definition) is 2. The number of rotatable bonds is 6. The molecule has 0 spiro atoms. The topological polar surface area (TPSA) is 32.3 Å². The van der Waals surface area contributed by atoms with Crippen molar-refractivity contribution in [2.45, 2.75) is 45.8 Å². The molecule has 0 aliphatic carbocycles. The molecule has 0 saturated heterocycles. The van der Waals surface area contributed by atoms with Crippen LogP contribution in [0.3, 0.4) is 0 Å². The van der Waals surface area contributed by atoms with Crippen LogP contribution >= 0.6 is 0 Å². The van der Waals surface area contributed by atoms with E-state index in [4.69, 9.17) is 0 Å². The minimum atomic E-state index is -0.363. The van der Waals surface area contributed by atoms with Crippen LogP contribution in [0.5, 0.6) is 0 Å². The molecular weight excluding hydrogens is 234 g/mol. The van der Waals surface area contributed by atoms with Crippen LogP contribution in [-0.4, -0.2) is 23.8 Å². The predicted molar refractivity (Wildman–Crippen MR) is 80.8 cm³/mol. The van der Waals surface area contributed by atoms with Crippen molar-refractivity contribution >= 4 is 0 Å². The molecule has 1 rings (SSSR count). The Morgan fingerprint density at radius 3 is 2.42 bits per heavy atom. The number of hydrogen-bond donors (Lipinski definition) is 2. The lowest BCUT2D eigenvalue weighted by Gasteiger charge is -2.21. The van der Waals surface area contributed by atoms with Crippen molar-refractivity contribution < 1.29 is 5.11 Å². The second-order valence-corrected chi connectivity index (χ2v) is 5.22. The van der Waals surface area contributed by atoms with E-state index < -0.39 is 0 Å². The van der Waals surface area contributed by atoms with Crippen LogP contribution < -0.4 is 5.32 Å². The summed E-state index contributed by atoms with van der Waals surface area (Å²) in [5.41, 5.74) is 1.24. The monoisotopic (exact) mass is 259 g/mol. The molecule has 0 aliphatic heterocycles. The molecule has 0 heterocycles. The van der Waals surface area contributed by atoms with Gasteiger partial charge in [0.2, 0.25) is 0 Å². The lowest BCUT2D eigenvalue weighted by atomic mass is 10.0. The Bertz CT molecular complexity index is 400. The van der Waals surface area contributed by atoms with E-state index in [1.807, 2.05) is 25.1 Å². The summed E-state index contributed by atoms with van der Waals surface area (Å²) < 4.78 is 0. The van der Waals surface area contributed by atoms with Gasteiger partial charge in [-0.1, -0.05) is 44.2 Å². The Labute approximate surface area is 117 Å². The molecule has 0 aliphatic rings. The Hall–Kier alpha value is -1.30. The maximum absolute atomic E-state index is 9.82. The third-order valence-corrected chi connectivity index (χ3v) is 2.93. The lowest BCUT2D eigenvalue weighted by Crippen LogP contribution is -2.40. The van der Waals surface area contributed by atoms with Gasteiger partial charge in [0.05, 0.1) is 6.10 Å². The van der Waals surface area contributed by atoms with E-state index in [1.165, 1.54) is 5.56 Å². The molecule has 2 unspecified atom stereocenters. The SMILES string of the molecule is CC(C)C#CCCNC(Cc1ccccc1)C(C)O. The van der Waals surface area contributed by atoms with E-state index in [0.717, 1.165) is 19.4 Å². The molecule has 19 heavy (non-hydrogen) atoms. The Kier molecular flexibility index (Phi) is 7.25. The highest BCUT2D eigenvalue weighted by atomic mass is 16.3. The second-order valence-electron chi connectivity index (χ2n) is 5.22. The number of nitrogens with one attached hydrogen (secondary N) is 1. The Morgan fingerprint density at radius 2 is 1.84 bits per heavy atom. The molecule has 2 N–H and O–H groups in total. The van der Waals surface area contributed by atoms with Crippen LogP contribution in [-0.2, 0) is 6.42 Å². The highest BCUT2D eigenvalue weighted by molar-refractivity contribution is 5.16. The Morgan fingerprint density at radius 1 is 1.16 bits per heavy atom. The number of benzene rings is 1. The molecule has 2 atom stereocenters. The summed E-state index contributed by atoms with van der Waals surface area (Å²) in [5.74, 6) is 6.72. The fraction of sp³-hybridized carbons (Fsp3) is 0.529. The minimum absolute atomic E-state index is 0.0863.